The number of carbonyl (C=O) groups excluding carboxylic acids is 1. The van der Waals surface area contributed by atoms with E-state index in [2.05, 4.69) is 41.6 Å². The molecule has 0 unspecified atom stereocenters. The second kappa shape index (κ2) is 17.5. The summed E-state index contributed by atoms with van der Waals surface area (Å²) in [5, 5.41) is 8.70. The van der Waals surface area contributed by atoms with Crippen molar-refractivity contribution in [2.75, 3.05) is 14.1 Å². The van der Waals surface area contributed by atoms with Gasteiger partial charge in [-0.15, -0.1) is 0 Å². The molecular weight excluding hydrogens is 481 g/mol. The summed E-state index contributed by atoms with van der Waals surface area (Å²) in [6.45, 7) is 10.2. The van der Waals surface area contributed by atoms with E-state index in [4.69, 9.17) is 11.6 Å². The Labute approximate surface area is 221 Å². The van der Waals surface area contributed by atoms with Crippen LogP contribution in [0.25, 0.3) is 11.3 Å². The van der Waals surface area contributed by atoms with E-state index in [1.165, 1.54) is 5.67 Å². The number of hydrogen-bond donors (Lipinski definition) is 1. The van der Waals surface area contributed by atoms with Gasteiger partial charge in [0, 0.05) is 23.8 Å². The molecule has 0 aliphatic rings. The fourth-order valence-corrected chi connectivity index (χ4v) is 2.55. The molecule has 0 fully saturated rings. The highest BCUT2D eigenvalue weighted by Gasteiger charge is 2.11. The van der Waals surface area contributed by atoms with E-state index >= 15 is 0 Å². The number of nitrogens with zero attached hydrogens (tertiary/aromatic N) is 4. The summed E-state index contributed by atoms with van der Waals surface area (Å²) >= 11 is 5.14. The highest BCUT2D eigenvalue weighted by Crippen LogP contribution is 2.21. The lowest BCUT2D eigenvalue weighted by Gasteiger charge is -2.05. The van der Waals surface area contributed by atoms with Crippen LogP contribution in [0.4, 0.5) is 0 Å². The van der Waals surface area contributed by atoms with Crippen LogP contribution < -0.4 is 17.8 Å². The molecule has 6 nitrogen and oxygen atoms in total. The second-order valence-corrected chi connectivity index (χ2v) is 8.59. The Morgan fingerprint density at radius 1 is 1.03 bits per heavy atom. The first-order chi connectivity index (χ1) is 16.2. The molecule has 1 heterocycles. The van der Waals surface area contributed by atoms with Crippen molar-refractivity contribution in [1.29, 1.82) is 0 Å². The summed E-state index contributed by atoms with van der Waals surface area (Å²) in [6.07, 6.45) is 2.65. The molecule has 0 bridgehead atoms. The predicted molar refractivity (Wildman–Crippen MR) is 144 cm³/mol. The van der Waals surface area contributed by atoms with Crippen LogP contribution >= 0.6 is 11.6 Å². The summed E-state index contributed by atoms with van der Waals surface area (Å²) in [5.74, 6) is 0. The van der Waals surface area contributed by atoms with Gasteiger partial charge in [0.25, 0.3) is 0 Å². The van der Waals surface area contributed by atoms with Crippen LogP contribution in [-0.4, -0.2) is 52.2 Å². The number of nitrogens with one attached hydrogen (secondary N) is 1. The van der Waals surface area contributed by atoms with Crippen molar-refractivity contribution in [2.24, 2.45) is 5.10 Å². The van der Waals surface area contributed by atoms with Crippen LogP contribution in [0.15, 0.2) is 72.0 Å². The third-order valence-electron chi connectivity index (χ3n) is 4.34. The Kier molecular flexibility index (Phi) is 16.0. The van der Waals surface area contributed by atoms with Gasteiger partial charge in [0.2, 0.25) is 5.67 Å². The maximum Gasteiger partial charge on any atom is 0.232 e. The predicted octanol–water partition coefficient (Wildman–Crippen LogP) is 2.88. The first-order valence-corrected chi connectivity index (χ1v) is 11.7. The fourth-order valence-electron chi connectivity index (χ4n) is 2.55. The molecule has 2 aromatic carbocycles. The molecule has 0 aliphatic heterocycles. The summed E-state index contributed by atoms with van der Waals surface area (Å²) in [4.78, 5) is 11.0. The maximum atomic E-state index is 11.0. The van der Waals surface area contributed by atoms with Gasteiger partial charge in [0.15, 0.2) is 6.29 Å². The zero-order valence-electron chi connectivity index (χ0n) is 21.6. The van der Waals surface area contributed by atoms with E-state index in [1.807, 2.05) is 88.1 Å². The minimum Gasteiger partial charge on any atom is -1.00 e. The van der Waals surface area contributed by atoms with E-state index < -0.39 is 0 Å². The Morgan fingerprint density at radius 3 is 1.97 bits per heavy atom. The lowest BCUT2D eigenvalue weighted by molar-refractivity contribution is -0.457. The molecule has 3 aromatic rings. The van der Waals surface area contributed by atoms with E-state index in [-0.39, 0.29) is 18.4 Å². The van der Waals surface area contributed by atoms with Crippen molar-refractivity contribution >= 4 is 29.3 Å². The zero-order chi connectivity index (χ0) is 25.5. The largest absolute Gasteiger partial charge is 1.00 e. The molecule has 0 radical (unpaired) electrons. The number of aldehydes is 1. The van der Waals surface area contributed by atoms with E-state index in [1.54, 1.807) is 10.8 Å². The molecular formula is C27H37Cl2N5O. The van der Waals surface area contributed by atoms with Crippen LogP contribution in [-0.2, 0) is 0 Å². The van der Waals surface area contributed by atoms with Gasteiger partial charge >= 0.3 is 0 Å². The summed E-state index contributed by atoms with van der Waals surface area (Å²) in [5.41, 5.74) is 9.06. The Hall–Kier alpha value is -2.96. The van der Waals surface area contributed by atoms with Crippen LogP contribution in [0.2, 0.25) is 0 Å². The molecule has 190 valence electrons. The molecule has 0 spiro atoms. The number of halogens is 2. The molecule has 0 saturated carbocycles. The third-order valence-corrected chi connectivity index (χ3v) is 4.73. The Balaban J connectivity index is 0.000000550. The minimum absolute atomic E-state index is 0. The van der Waals surface area contributed by atoms with E-state index in [0.717, 1.165) is 28.8 Å². The topological polar surface area (TPSA) is 62.3 Å². The highest BCUT2D eigenvalue weighted by atomic mass is 35.5. The van der Waals surface area contributed by atoms with Crippen LogP contribution in [0.5, 0.6) is 0 Å². The SMILES string of the molecule is C/C(=N\NC(C)C)c1ccccc1.CC(C)n1cc(C=O)c(-c2ccccc2)n1.C[N+](C)=CCl.[Cl-]. The third kappa shape index (κ3) is 12.3. The number of benzene rings is 2. The number of aromatic nitrogens is 2. The van der Waals surface area contributed by atoms with Gasteiger partial charge < -0.3 is 17.8 Å². The molecule has 35 heavy (non-hydrogen) atoms. The van der Waals surface area contributed by atoms with Gasteiger partial charge in [0.1, 0.15) is 19.8 Å². The summed E-state index contributed by atoms with van der Waals surface area (Å²) in [7, 11) is 3.74. The number of rotatable bonds is 6. The van der Waals surface area contributed by atoms with Gasteiger partial charge in [-0.05, 0) is 51.8 Å². The monoisotopic (exact) mass is 517 g/mol. The summed E-state index contributed by atoms with van der Waals surface area (Å²) in [6, 6.07) is 20.6. The smallest absolute Gasteiger partial charge is 0.232 e. The fraction of sp³-hybridized carbons (Fsp3) is 0.333. The first kappa shape index (κ1) is 32.0. The molecule has 0 saturated heterocycles. The molecule has 0 atom stereocenters. The first-order valence-electron chi connectivity index (χ1n) is 11.2. The molecule has 8 heteroatoms. The number of hydrazone groups is 1. The molecule has 1 aromatic heterocycles. The standard InChI is InChI=1S/C13H14N2O.C11H16N2.C3H7ClN.ClH/c1-10(2)15-8-12(9-16)13(14-15)11-6-4-3-5-7-11;1-9(2)12-13-10(3)11-7-5-4-6-8-11;1-5(2)3-4;/h3-10H,1-2H3;4-9,12H,1-3H3;3H,1-2H3;1H/q;;+1;/p-1/b;13-10+;;. The lowest BCUT2D eigenvalue weighted by Crippen LogP contribution is -3.00. The van der Waals surface area contributed by atoms with Crippen LogP contribution in [0.1, 0.15) is 56.6 Å². The van der Waals surface area contributed by atoms with Crippen molar-refractivity contribution in [3.05, 3.63) is 78.0 Å². The van der Waals surface area contributed by atoms with Gasteiger partial charge in [-0.3, -0.25) is 9.48 Å². The Bertz CT molecular complexity index is 1040. The van der Waals surface area contributed by atoms with E-state index in [9.17, 15) is 4.79 Å². The van der Waals surface area contributed by atoms with Crippen LogP contribution in [0.3, 0.4) is 0 Å². The van der Waals surface area contributed by atoms with Gasteiger partial charge in [-0.2, -0.15) is 10.2 Å². The van der Waals surface area contributed by atoms with Gasteiger partial charge in [-0.1, -0.05) is 60.7 Å². The average Bonchev–Trinajstić information content (AvgIpc) is 3.29. The lowest BCUT2D eigenvalue weighted by atomic mass is 10.1. The van der Waals surface area contributed by atoms with Crippen molar-refractivity contribution in [3.8, 4) is 11.3 Å². The molecule has 0 amide bonds. The number of carbonyl (C=O) groups is 1. The highest BCUT2D eigenvalue weighted by molar-refractivity contribution is 6.54. The van der Waals surface area contributed by atoms with Crippen molar-refractivity contribution in [1.82, 2.24) is 15.2 Å². The second-order valence-electron chi connectivity index (χ2n) is 8.40. The zero-order valence-corrected chi connectivity index (χ0v) is 23.1. The summed E-state index contributed by atoms with van der Waals surface area (Å²) < 4.78 is 3.58. The minimum atomic E-state index is 0. The average molecular weight is 519 g/mol. The molecule has 0 aliphatic carbocycles. The molecule has 3 rings (SSSR count). The Morgan fingerprint density at radius 2 is 1.54 bits per heavy atom. The van der Waals surface area contributed by atoms with Gasteiger partial charge in [0.05, 0.1) is 11.3 Å². The van der Waals surface area contributed by atoms with Crippen molar-refractivity contribution in [2.45, 2.75) is 46.7 Å². The normalized spacial score (nSPS) is 10.3. The quantitative estimate of drug-likeness (QED) is 0.236. The maximum absolute atomic E-state index is 11.0. The van der Waals surface area contributed by atoms with E-state index in [0.29, 0.717) is 11.6 Å². The van der Waals surface area contributed by atoms with Crippen molar-refractivity contribution in [3.63, 3.8) is 0 Å². The number of hydrogen-bond acceptors (Lipinski definition) is 4. The molecule has 1 N–H and O–H groups in total. The van der Waals surface area contributed by atoms with Crippen LogP contribution in [0, 0.1) is 0 Å². The van der Waals surface area contributed by atoms with Crippen molar-refractivity contribution < 1.29 is 21.8 Å². The van der Waals surface area contributed by atoms with Gasteiger partial charge in [-0.25, -0.2) is 4.58 Å².